The number of likely N-dealkylation sites (tertiary alicyclic amines) is 1. The molecule has 1 amide bonds. The molecule has 1 aromatic carbocycles. The molecule has 2 heterocycles. The molecule has 0 spiro atoms. The molecule has 0 atom stereocenters. The van der Waals surface area contributed by atoms with Crippen LogP contribution in [0.5, 0.6) is 0 Å². The molecule has 0 aromatic heterocycles. The van der Waals surface area contributed by atoms with Gasteiger partial charge < -0.3 is 19.3 Å². The van der Waals surface area contributed by atoms with Gasteiger partial charge in [0.2, 0.25) is 0 Å². The molecule has 140 valence electrons. The van der Waals surface area contributed by atoms with E-state index in [2.05, 4.69) is 0 Å². The smallest absolute Gasteiger partial charge is 0.481 e. The molecule has 2 fully saturated rings. The van der Waals surface area contributed by atoms with Crippen molar-refractivity contribution in [2.24, 2.45) is 5.92 Å². The number of aliphatic carboxylic acids is 1. The Kier molecular flexibility index (Phi) is 4.88. The Bertz CT molecular complexity index is 676. The largest absolute Gasteiger partial charge is 0.494 e. The topological polar surface area (TPSA) is 76.1 Å². The van der Waals surface area contributed by atoms with Crippen LogP contribution >= 0.6 is 0 Å². The zero-order valence-electron chi connectivity index (χ0n) is 15.8. The van der Waals surface area contributed by atoms with Crippen molar-refractivity contribution < 1.29 is 24.0 Å². The first kappa shape index (κ1) is 18.9. The fourth-order valence-corrected chi connectivity index (χ4v) is 3.27. The molecule has 3 rings (SSSR count). The zero-order chi connectivity index (χ0) is 19.1. The molecule has 2 aliphatic rings. The summed E-state index contributed by atoms with van der Waals surface area (Å²) >= 11 is 0. The third-order valence-corrected chi connectivity index (χ3v) is 5.81. The number of benzene rings is 1. The summed E-state index contributed by atoms with van der Waals surface area (Å²) < 4.78 is 12.1. The molecule has 0 bridgehead atoms. The predicted octanol–water partition coefficient (Wildman–Crippen LogP) is 1.92. The van der Waals surface area contributed by atoms with Crippen molar-refractivity contribution in [2.45, 2.75) is 51.7 Å². The lowest BCUT2D eigenvalue weighted by Gasteiger charge is -2.32. The fraction of sp³-hybridized carbons (Fsp3) is 0.579. The van der Waals surface area contributed by atoms with E-state index in [-0.39, 0.29) is 11.8 Å². The summed E-state index contributed by atoms with van der Waals surface area (Å²) in [6.45, 7) is 8.98. The van der Waals surface area contributed by atoms with E-state index in [4.69, 9.17) is 14.4 Å². The molecule has 26 heavy (non-hydrogen) atoms. The van der Waals surface area contributed by atoms with Gasteiger partial charge in [0.05, 0.1) is 17.1 Å². The molecule has 1 N–H and O–H groups in total. The number of carboxylic acids is 1. The predicted molar refractivity (Wildman–Crippen MR) is 98.4 cm³/mol. The van der Waals surface area contributed by atoms with Crippen LogP contribution in [-0.2, 0) is 14.1 Å². The van der Waals surface area contributed by atoms with Crippen molar-refractivity contribution in [3.05, 3.63) is 29.8 Å². The van der Waals surface area contributed by atoms with Crippen LogP contribution in [-0.4, -0.2) is 53.3 Å². The first-order valence-corrected chi connectivity index (χ1v) is 9.08. The minimum atomic E-state index is -0.774. The van der Waals surface area contributed by atoms with Gasteiger partial charge in [0, 0.05) is 18.7 Å². The summed E-state index contributed by atoms with van der Waals surface area (Å²) in [5, 5.41) is 9.06. The maximum absolute atomic E-state index is 12.6. The van der Waals surface area contributed by atoms with E-state index < -0.39 is 24.3 Å². The Hall–Kier alpha value is -1.86. The molecule has 0 aliphatic carbocycles. The highest BCUT2D eigenvalue weighted by atomic mass is 16.7. The van der Waals surface area contributed by atoms with Gasteiger partial charge in [0.25, 0.3) is 5.91 Å². The first-order chi connectivity index (χ1) is 12.1. The summed E-state index contributed by atoms with van der Waals surface area (Å²) in [7, 11) is -0.449. The lowest BCUT2D eigenvalue weighted by atomic mass is 9.79. The van der Waals surface area contributed by atoms with Gasteiger partial charge in [-0.1, -0.05) is 12.1 Å². The first-order valence-electron chi connectivity index (χ1n) is 9.08. The Morgan fingerprint density at radius 2 is 1.54 bits per heavy atom. The van der Waals surface area contributed by atoms with Crippen LogP contribution in [0.2, 0.25) is 0 Å². The van der Waals surface area contributed by atoms with Crippen molar-refractivity contribution in [3.63, 3.8) is 0 Å². The lowest BCUT2D eigenvalue weighted by molar-refractivity contribution is -0.143. The SMILES string of the molecule is CC1(C)OB(c2ccc(C(=O)N3CCC(C(=O)O)CC3)cc2)OC1(C)C. The highest BCUT2D eigenvalue weighted by Crippen LogP contribution is 2.36. The van der Waals surface area contributed by atoms with Gasteiger partial charge in [-0.25, -0.2) is 0 Å². The van der Waals surface area contributed by atoms with Gasteiger partial charge in [-0.3, -0.25) is 9.59 Å². The van der Waals surface area contributed by atoms with E-state index in [0.29, 0.717) is 31.5 Å². The average Bonchev–Trinajstić information content (AvgIpc) is 2.82. The van der Waals surface area contributed by atoms with Gasteiger partial charge >= 0.3 is 13.1 Å². The maximum atomic E-state index is 12.6. The Labute approximate surface area is 154 Å². The van der Waals surface area contributed by atoms with Crippen LogP contribution in [0.25, 0.3) is 0 Å². The van der Waals surface area contributed by atoms with Crippen molar-refractivity contribution >= 4 is 24.5 Å². The molecule has 2 aliphatic heterocycles. The molecule has 2 saturated heterocycles. The standard InChI is InChI=1S/C19H26BNO5/c1-18(2)19(3,4)26-20(25-18)15-7-5-13(6-8-15)16(22)21-11-9-14(10-12-21)17(23)24/h5-8,14H,9-12H2,1-4H3,(H,23,24). The van der Waals surface area contributed by atoms with Crippen LogP contribution in [0.1, 0.15) is 50.9 Å². The Balaban J connectivity index is 1.65. The van der Waals surface area contributed by atoms with Gasteiger partial charge in [0.1, 0.15) is 0 Å². The molecular weight excluding hydrogens is 333 g/mol. The number of nitrogens with zero attached hydrogens (tertiary/aromatic N) is 1. The monoisotopic (exact) mass is 359 g/mol. The van der Waals surface area contributed by atoms with E-state index in [0.717, 1.165) is 5.46 Å². The van der Waals surface area contributed by atoms with Gasteiger partial charge in [-0.15, -0.1) is 0 Å². The van der Waals surface area contributed by atoms with Crippen molar-refractivity contribution in [2.75, 3.05) is 13.1 Å². The van der Waals surface area contributed by atoms with Gasteiger partial charge in [0.15, 0.2) is 0 Å². The van der Waals surface area contributed by atoms with Crippen molar-refractivity contribution in [3.8, 4) is 0 Å². The second-order valence-electron chi connectivity index (χ2n) is 8.11. The summed E-state index contributed by atoms with van der Waals surface area (Å²) in [6.07, 6.45) is 1.01. The highest BCUT2D eigenvalue weighted by Gasteiger charge is 2.51. The van der Waals surface area contributed by atoms with Crippen molar-refractivity contribution in [1.82, 2.24) is 4.90 Å². The molecular formula is C19H26BNO5. The van der Waals surface area contributed by atoms with E-state index in [1.165, 1.54) is 0 Å². The lowest BCUT2D eigenvalue weighted by Crippen LogP contribution is -2.41. The van der Waals surface area contributed by atoms with Gasteiger partial charge in [-0.05, 0) is 58.1 Å². The molecule has 7 heteroatoms. The third kappa shape index (κ3) is 3.51. The van der Waals surface area contributed by atoms with Crippen molar-refractivity contribution in [1.29, 1.82) is 0 Å². The van der Waals surface area contributed by atoms with Gasteiger partial charge in [-0.2, -0.15) is 0 Å². The average molecular weight is 359 g/mol. The quantitative estimate of drug-likeness (QED) is 0.835. The van der Waals surface area contributed by atoms with E-state index >= 15 is 0 Å². The van der Waals surface area contributed by atoms with Crippen LogP contribution < -0.4 is 5.46 Å². The number of hydrogen-bond acceptors (Lipinski definition) is 4. The molecule has 0 saturated carbocycles. The maximum Gasteiger partial charge on any atom is 0.494 e. The second-order valence-corrected chi connectivity index (χ2v) is 8.11. The van der Waals surface area contributed by atoms with Crippen LogP contribution in [0, 0.1) is 5.92 Å². The fourth-order valence-electron chi connectivity index (χ4n) is 3.27. The number of carbonyl (C=O) groups excluding carboxylic acids is 1. The second kappa shape index (κ2) is 6.70. The number of amides is 1. The summed E-state index contributed by atoms with van der Waals surface area (Å²) in [5.74, 6) is -1.18. The molecule has 0 radical (unpaired) electrons. The molecule has 0 unspecified atom stereocenters. The van der Waals surface area contributed by atoms with Crippen LogP contribution in [0.3, 0.4) is 0 Å². The van der Waals surface area contributed by atoms with Crippen LogP contribution in [0.15, 0.2) is 24.3 Å². The number of hydrogen-bond donors (Lipinski definition) is 1. The van der Waals surface area contributed by atoms with E-state index in [9.17, 15) is 9.59 Å². The summed E-state index contributed by atoms with van der Waals surface area (Å²) in [6, 6.07) is 7.29. The van der Waals surface area contributed by atoms with E-state index in [1.807, 2.05) is 39.8 Å². The summed E-state index contributed by atoms with van der Waals surface area (Å²) in [4.78, 5) is 25.4. The minimum absolute atomic E-state index is 0.0608. The van der Waals surface area contributed by atoms with Crippen LogP contribution in [0.4, 0.5) is 0 Å². The molecule has 1 aromatic rings. The molecule has 6 nitrogen and oxygen atoms in total. The number of rotatable bonds is 3. The number of piperidine rings is 1. The Morgan fingerprint density at radius 3 is 2.00 bits per heavy atom. The number of carboxylic acid groups (broad SMARTS) is 1. The third-order valence-electron chi connectivity index (χ3n) is 5.81. The summed E-state index contributed by atoms with van der Waals surface area (Å²) in [5.41, 5.74) is 0.671. The van der Waals surface area contributed by atoms with E-state index in [1.54, 1.807) is 17.0 Å². The number of carbonyl (C=O) groups is 2. The minimum Gasteiger partial charge on any atom is -0.481 e. The zero-order valence-corrected chi connectivity index (χ0v) is 15.8. The highest BCUT2D eigenvalue weighted by molar-refractivity contribution is 6.62. The Morgan fingerprint density at radius 1 is 1.04 bits per heavy atom. The normalized spacial score (nSPS) is 22.5.